The maximum Gasteiger partial charge on any atom is 0.186 e. The van der Waals surface area contributed by atoms with E-state index in [4.69, 9.17) is 9.72 Å². The SMILES string of the molecule is CC1CS(=O)(=O)CCN1c1cc(N2C3CCC2COC3)nc2n[nH]c(I)c12. The predicted octanol–water partition coefficient (Wildman–Crippen LogP) is 1.55. The van der Waals surface area contributed by atoms with Gasteiger partial charge in [-0.2, -0.15) is 5.10 Å². The summed E-state index contributed by atoms with van der Waals surface area (Å²) in [5, 5.41) is 8.43. The van der Waals surface area contributed by atoms with E-state index in [-0.39, 0.29) is 17.5 Å². The summed E-state index contributed by atoms with van der Waals surface area (Å²) in [5.74, 6) is 1.30. The molecule has 8 nitrogen and oxygen atoms in total. The molecule has 3 saturated heterocycles. The van der Waals surface area contributed by atoms with Gasteiger partial charge in [0.15, 0.2) is 15.5 Å². The topological polar surface area (TPSA) is 91.4 Å². The van der Waals surface area contributed by atoms with Crippen molar-refractivity contribution in [1.82, 2.24) is 15.2 Å². The highest BCUT2D eigenvalue weighted by molar-refractivity contribution is 14.1. The van der Waals surface area contributed by atoms with Crippen LogP contribution in [-0.2, 0) is 14.6 Å². The average Bonchev–Trinajstić information content (AvgIpc) is 3.10. The molecule has 0 saturated carbocycles. The van der Waals surface area contributed by atoms with E-state index in [9.17, 15) is 8.42 Å². The molecule has 2 aromatic rings. The van der Waals surface area contributed by atoms with Gasteiger partial charge in [0.05, 0.1) is 47.9 Å². The lowest BCUT2D eigenvalue weighted by Crippen LogP contribution is -2.48. The first-order chi connectivity index (χ1) is 12.9. The maximum atomic E-state index is 12.0. The number of morpholine rings is 1. The molecule has 3 aliphatic rings. The lowest BCUT2D eigenvalue weighted by Gasteiger charge is -2.38. The largest absolute Gasteiger partial charge is 0.377 e. The summed E-state index contributed by atoms with van der Waals surface area (Å²) < 4.78 is 30.7. The summed E-state index contributed by atoms with van der Waals surface area (Å²) >= 11 is 2.24. The van der Waals surface area contributed by atoms with Crippen LogP contribution in [0.5, 0.6) is 0 Å². The predicted molar refractivity (Wildman–Crippen MR) is 112 cm³/mol. The zero-order valence-corrected chi connectivity index (χ0v) is 18.0. The highest BCUT2D eigenvalue weighted by Gasteiger charge is 2.39. The zero-order valence-electron chi connectivity index (χ0n) is 15.1. The molecule has 10 heteroatoms. The summed E-state index contributed by atoms with van der Waals surface area (Å²) in [6, 6.07) is 2.78. The van der Waals surface area contributed by atoms with Gasteiger partial charge in [0, 0.05) is 18.7 Å². The number of anilines is 2. The molecule has 0 aliphatic carbocycles. The van der Waals surface area contributed by atoms with Crippen LogP contribution in [-0.4, -0.2) is 73.0 Å². The van der Waals surface area contributed by atoms with Crippen molar-refractivity contribution < 1.29 is 13.2 Å². The molecule has 27 heavy (non-hydrogen) atoms. The third-order valence-corrected chi connectivity index (χ3v) is 8.51. The number of H-pyrrole nitrogens is 1. The van der Waals surface area contributed by atoms with Gasteiger partial charge in [-0.1, -0.05) is 0 Å². The molecule has 3 unspecified atom stereocenters. The monoisotopic (exact) mass is 503 g/mol. The minimum absolute atomic E-state index is 0.0747. The molecule has 0 spiro atoms. The number of hydrogen-bond donors (Lipinski definition) is 1. The number of ether oxygens (including phenoxy) is 1. The molecule has 3 aliphatic heterocycles. The van der Waals surface area contributed by atoms with Crippen molar-refractivity contribution in [3.05, 3.63) is 9.77 Å². The number of aromatic amines is 1. The molecule has 146 valence electrons. The van der Waals surface area contributed by atoms with Crippen LogP contribution in [0.3, 0.4) is 0 Å². The van der Waals surface area contributed by atoms with E-state index < -0.39 is 9.84 Å². The Labute approximate surface area is 171 Å². The van der Waals surface area contributed by atoms with Gasteiger partial charge < -0.3 is 14.5 Å². The molecule has 0 aromatic carbocycles. The van der Waals surface area contributed by atoms with Gasteiger partial charge >= 0.3 is 0 Å². The number of aromatic nitrogens is 3. The third-order valence-electron chi connectivity index (χ3n) is 5.93. The van der Waals surface area contributed by atoms with Crippen molar-refractivity contribution in [2.75, 3.05) is 41.1 Å². The Hall–Kier alpha value is -1.14. The van der Waals surface area contributed by atoms with E-state index in [0.717, 1.165) is 46.6 Å². The van der Waals surface area contributed by atoms with Crippen LogP contribution >= 0.6 is 22.6 Å². The number of nitrogens with zero attached hydrogens (tertiary/aromatic N) is 4. The Morgan fingerprint density at radius 2 is 2.04 bits per heavy atom. The van der Waals surface area contributed by atoms with Crippen LogP contribution in [0.2, 0.25) is 0 Å². The standard InChI is InChI=1S/C17H22IN5O3S/c1-10-9-27(24,25)5-4-22(10)13-6-14(19-17-15(13)16(18)20-21-17)23-11-2-3-12(23)8-26-7-11/h6,10-12H,2-5,7-9H2,1H3,(H,19,20,21). The van der Waals surface area contributed by atoms with Crippen molar-refractivity contribution in [3.8, 4) is 0 Å². The lowest BCUT2D eigenvalue weighted by molar-refractivity contribution is 0.0902. The van der Waals surface area contributed by atoms with E-state index in [1.54, 1.807) is 0 Å². The van der Waals surface area contributed by atoms with E-state index in [0.29, 0.717) is 24.3 Å². The van der Waals surface area contributed by atoms with Crippen molar-refractivity contribution in [1.29, 1.82) is 0 Å². The number of rotatable bonds is 2. The number of hydrogen-bond acceptors (Lipinski definition) is 7. The number of sulfone groups is 1. The van der Waals surface area contributed by atoms with Gasteiger partial charge in [0.25, 0.3) is 0 Å². The van der Waals surface area contributed by atoms with Gasteiger partial charge in [-0.3, -0.25) is 5.10 Å². The Kier molecular flexibility index (Phi) is 4.28. The molecule has 2 bridgehead atoms. The Balaban J connectivity index is 1.62. The fourth-order valence-electron chi connectivity index (χ4n) is 4.67. The summed E-state index contributed by atoms with van der Waals surface area (Å²) in [6.07, 6.45) is 2.24. The second kappa shape index (κ2) is 6.45. The van der Waals surface area contributed by atoms with Gasteiger partial charge in [-0.15, -0.1) is 0 Å². The summed E-state index contributed by atoms with van der Waals surface area (Å²) in [7, 11) is -2.97. The number of pyridine rings is 1. The fraction of sp³-hybridized carbons (Fsp3) is 0.647. The van der Waals surface area contributed by atoms with Crippen LogP contribution in [0, 0.1) is 3.70 Å². The fourth-order valence-corrected chi connectivity index (χ4v) is 6.87. The molecular formula is C17H22IN5O3S. The first kappa shape index (κ1) is 17.9. The molecule has 0 amide bonds. The average molecular weight is 503 g/mol. The minimum atomic E-state index is -2.97. The Morgan fingerprint density at radius 3 is 2.74 bits per heavy atom. The first-order valence-corrected chi connectivity index (χ1v) is 12.2. The molecule has 3 fully saturated rings. The highest BCUT2D eigenvalue weighted by Crippen LogP contribution is 2.39. The Bertz CT molecular complexity index is 978. The third kappa shape index (κ3) is 3.00. The van der Waals surface area contributed by atoms with E-state index in [1.807, 2.05) is 6.92 Å². The van der Waals surface area contributed by atoms with E-state index in [1.165, 1.54) is 0 Å². The van der Waals surface area contributed by atoms with E-state index >= 15 is 0 Å². The van der Waals surface area contributed by atoms with Crippen molar-refractivity contribution >= 4 is 55.0 Å². The van der Waals surface area contributed by atoms with Crippen LogP contribution in [0.25, 0.3) is 11.0 Å². The molecule has 5 rings (SSSR count). The van der Waals surface area contributed by atoms with Gasteiger partial charge in [0.1, 0.15) is 9.52 Å². The second-order valence-electron chi connectivity index (χ2n) is 7.72. The van der Waals surface area contributed by atoms with Gasteiger partial charge in [-0.05, 0) is 42.4 Å². The summed E-state index contributed by atoms with van der Waals surface area (Å²) in [6.45, 7) is 3.96. The lowest BCUT2D eigenvalue weighted by atomic mass is 10.2. The minimum Gasteiger partial charge on any atom is -0.377 e. The van der Waals surface area contributed by atoms with Crippen LogP contribution in [0.15, 0.2) is 6.07 Å². The molecule has 3 atom stereocenters. The van der Waals surface area contributed by atoms with Crippen molar-refractivity contribution in [2.45, 2.75) is 37.9 Å². The van der Waals surface area contributed by atoms with Crippen LogP contribution in [0.1, 0.15) is 19.8 Å². The molecule has 1 N–H and O–H groups in total. The quantitative estimate of drug-likeness (QED) is 0.622. The van der Waals surface area contributed by atoms with Crippen LogP contribution in [0.4, 0.5) is 11.5 Å². The van der Waals surface area contributed by atoms with Crippen molar-refractivity contribution in [3.63, 3.8) is 0 Å². The number of fused-ring (bicyclic) bond motifs is 3. The summed E-state index contributed by atoms with van der Waals surface area (Å²) in [5.41, 5.74) is 1.72. The number of nitrogens with one attached hydrogen (secondary N) is 1. The molecule has 2 aromatic heterocycles. The molecular weight excluding hydrogens is 481 g/mol. The van der Waals surface area contributed by atoms with Crippen molar-refractivity contribution in [2.24, 2.45) is 0 Å². The first-order valence-electron chi connectivity index (χ1n) is 9.31. The summed E-state index contributed by atoms with van der Waals surface area (Å²) in [4.78, 5) is 9.44. The molecule has 5 heterocycles. The van der Waals surface area contributed by atoms with E-state index in [2.05, 4.69) is 48.7 Å². The number of halogens is 1. The highest BCUT2D eigenvalue weighted by atomic mass is 127. The van der Waals surface area contributed by atoms with Crippen LogP contribution < -0.4 is 9.80 Å². The zero-order chi connectivity index (χ0) is 18.8. The van der Waals surface area contributed by atoms with Gasteiger partial charge in [0.2, 0.25) is 0 Å². The second-order valence-corrected chi connectivity index (χ2v) is 11.0. The van der Waals surface area contributed by atoms with Gasteiger partial charge in [-0.25, -0.2) is 13.4 Å². The molecule has 0 radical (unpaired) electrons. The normalized spacial score (nSPS) is 30.2. The maximum absolute atomic E-state index is 12.0. The Morgan fingerprint density at radius 1 is 1.30 bits per heavy atom. The smallest absolute Gasteiger partial charge is 0.186 e.